The van der Waals surface area contributed by atoms with Crippen molar-refractivity contribution in [2.45, 2.75) is 12.7 Å². The van der Waals surface area contributed by atoms with Crippen LogP contribution in [-0.4, -0.2) is 28.0 Å². The molecule has 3 rings (SSSR count). The SMILES string of the molecule is O=C(COC(=O)Cn1c(=O)oc2cc([N+](=O)[O-])ccc21)Nc1ccc(Cl)c(C(F)(F)F)c1. The van der Waals surface area contributed by atoms with Gasteiger partial charge in [0.2, 0.25) is 0 Å². The lowest BCUT2D eigenvalue weighted by Crippen LogP contribution is -2.26. The molecule has 0 aliphatic heterocycles. The number of benzene rings is 2. The fourth-order valence-corrected chi connectivity index (χ4v) is 2.88. The first-order valence-electron chi connectivity index (χ1n) is 8.55. The van der Waals surface area contributed by atoms with Gasteiger partial charge in [0.25, 0.3) is 11.6 Å². The number of carbonyl (C=O) groups is 2. The first-order chi connectivity index (χ1) is 15.0. The Labute approximate surface area is 180 Å². The minimum Gasteiger partial charge on any atom is -0.454 e. The van der Waals surface area contributed by atoms with E-state index in [0.29, 0.717) is 6.07 Å². The summed E-state index contributed by atoms with van der Waals surface area (Å²) in [5, 5.41) is 12.4. The van der Waals surface area contributed by atoms with Crippen LogP contribution in [0.15, 0.2) is 45.6 Å². The molecule has 0 aliphatic carbocycles. The number of ether oxygens (including phenoxy) is 1. The highest BCUT2D eigenvalue weighted by Crippen LogP contribution is 2.36. The Morgan fingerprint density at radius 1 is 1.22 bits per heavy atom. The van der Waals surface area contributed by atoms with E-state index in [2.05, 4.69) is 5.32 Å². The van der Waals surface area contributed by atoms with Gasteiger partial charge in [0.15, 0.2) is 12.2 Å². The van der Waals surface area contributed by atoms with Crippen LogP contribution in [0.4, 0.5) is 24.5 Å². The molecular weight excluding hydrogens is 463 g/mol. The van der Waals surface area contributed by atoms with Gasteiger partial charge < -0.3 is 14.5 Å². The topological polar surface area (TPSA) is 134 Å². The van der Waals surface area contributed by atoms with E-state index in [1.54, 1.807) is 0 Å². The number of halogens is 4. The van der Waals surface area contributed by atoms with Crippen molar-refractivity contribution in [2.24, 2.45) is 0 Å². The molecule has 0 saturated heterocycles. The molecule has 0 atom stereocenters. The zero-order chi connectivity index (χ0) is 23.6. The summed E-state index contributed by atoms with van der Waals surface area (Å²) in [5.41, 5.74) is -1.74. The lowest BCUT2D eigenvalue weighted by molar-refractivity contribution is -0.384. The number of esters is 1. The molecule has 0 radical (unpaired) electrons. The molecule has 1 amide bonds. The summed E-state index contributed by atoms with van der Waals surface area (Å²) in [6.07, 6.45) is -4.73. The van der Waals surface area contributed by atoms with E-state index in [-0.39, 0.29) is 22.5 Å². The van der Waals surface area contributed by atoms with E-state index in [0.717, 1.165) is 28.8 Å². The third-order valence-corrected chi connectivity index (χ3v) is 4.40. The predicted octanol–water partition coefficient (Wildman–Crippen LogP) is 3.36. The molecular formula is C18H11ClF3N3O7. The van der Waals surface area contributed by atoms with Gasteiger partial charge in [0, 0.05) is 11.8 Å². The zero-order valence-corrected chi connectivity index (χ0v) is 16.4. The largest absolute Gasteiger partial charge is 0.454 e. The molecule has 10 nitrogen and oxygen atoms in total. The summed E-state index contributed by atoms with van der Waals surface area (Å²) in [4.78, 5) is 45.9. The quantitative estimate of drug-likeness (QED) is 0.329. The van der Waals surface area contributed by atoms with Crippen LogP contribution in [0.2, 0.25) is 5.02 Å². The van der Waals surface area contributed by atoms with Gasteiger partial charge in [-0.15, -0.1) is 0 Å². The number of non-ortho nitro benzene ring substituents is 1. The molecule has 1 heterocycles. The average Bonchev–Trinajstić information content (AvgIpc) is 3.01. The molecule has 32 heavy (non-hydrogen) atoms. The molecule has 1 N–H and O–H groups in total. The van der Waals surface area contributed by atoms with Gasteiger partial charge in [-0.1, -0.05) is 11.6 Å². The number of nitro benzene ring substituents is 1. The Hall–Kier alpha value is -3.87. The van der Waals surface area contributed by atoms with Crippen LogP contribution < -0.4 is 11.1 Å². The molecule has 0 spiro atoms. The van der Waals surface area contributed by atoms with Crippen LogP contribution in [0.25, 0.3) is 11.1 Å². The number of hydrogen-bond donors (Lipinski definition) is 1. The smallest absolute Gasteiger partial charge is 0.420 e. The van der Waals surface area contributed by atoms with Crippen molar-refractivity contribution in [3.8, 4) is 0 Å². The van der Waals surface area contributed by atoms with E-state index in [4.69, 9.17) is 20.8 Å². The number of fused-ring (bicyclic) bond motifs is 1. The van der Waals surface area contributed by atoms with Crippen molar-refractivity contribution in [3.05, 3.63) is 67.6 Å². The monoisotopic (exact) mass is 473 g/mol. The normalized spacial score (nSPS) is 11.4. The minimum absolute atomic E-state index is 0.0860. The third kappa shape index (κ3) is 5.06. The average molecular weight is 474 g/mol. The van der Waals surface area contributed by atoms with Crippen molar-refractivity contribution in [2.75, 3.05) is 11.9 Å². The predicted molar refractivity (Wildman–Crippen MR) is 103 cm³/mol. The number of carbonyl (C=O) groups excluding carboxylic acids is 2. The third-order valence-electron chi connectivity index (χ3n) is 4.07. The maximum atomic E-state index is 12.9. The molecule has 0 fully saturated rings. The standard InChI is InChI=1S/C18H11ClF3N3O7/c19-12-3-1-9(5-11(12)18(20,21)22)23-15(26)8-31-16(27)7-24-13-4-2-10(25(29)30)6-14(13)32-17(24)28/h1-6H,7-8H2,(H,23,26). The second kappa shape index (κ2) is 8.70. The van der Waals surface area contributed by atoms with Crippen molar-refractivity contribution < 1.29 is 36.8 Å². The Balaban J connectivity index is 1.63. The summed E-state index contributed by atoms with van der Waals surface area (Å²) in [5.74, 6) is -2.95. The summed E-state index contributed by atoms with van der Waals surface area (Å²) in [6, 6.07) is 6.02. The number of amides is 1. The van der Waals surface area contributed by atoms with Crippen LogP contribution in [0.5, 0.6) is 0 Å². The van der Waals surface area contributed by atoms with Crippen LogP contribution in [0.1, 0.15) is 5.56 Å². The number of anilines is 1. The highest BCUT2D eigenvalue weighted by Gasteiger charge is 2.33. The summed E-state index contributed by atoms with van der Waals surface area (Å²) in [6.45, 7) is -1.52. The van der Waals surface area contributed by atoms with Gasteiger partial charge in [-0.2, -0.15) is 13.2 Å². The number of alkyl halides is 3. The van der Waals surface area contributed by atoms with Crippen LogP contribution in [0, 0.1) is 10.1 Å². The molecule has 3 aromatic rings. The Bertz CT molecular complexity index is 1280. The van der Waals surface area contributed by atoms with Crippen LogP contribution in [-0.2, 0) is 27.0 Å². The summed E-state index contributed by atoms with van der Waals surface area (Å²) < 4.78 is 49.0. The number of rotatable bonds is 6. The van der Waals surface area contributed by atoms with Crippen molar-refractivity contribution >= 4 is 46.0 Å². The van der Waals surface area contributed by atoms with Gasteiger partial charge in [0.1, 0.15) is 6.54 Å². The number of hydrogen-bond acceptors (Lipinski definition) is 7. The van der Waals surface area contributed by atoms with Gasteiger partial charge in [-0.25, -0.2) is 4.79 Å². The zero-order valence-electron chi connectivity index (χ0n) is 15.6. The molecule has 0 saturated carbocycles. The first kappa shape index (κ1) is 22.8. The maximum Gasteiger partial charge on any atom is 0.420 e. The molecule has 0 bridgehead atoms. The van der Waals surface area contributed by atoms with E-state index in [1.807, 2.05) is 0 Å². The number of aromatic nitrogens is 1. The Kier molecular flexibility index (Phi) is 6.20. The number of oxazole rings is 1. The van der Waals surface area contributed by atoms with Gasteiger partial charge in [0.05, 0.1) is 27.1 Å². The number of nitrogens with zero attached hydrogens (tertiary/aromatic N) is 2. The molecule has 168 valence electrons. The second-order valence-electron chi connectivity index (χ2n) is 6.26. The van der Waals surface area contributed by atoms with Crippen molar-refractivity contribution in [3.63, 3.8) is 0 Å². The molecule has 0 aliphatic rings. The van der Waals surface area contributed by atoms with Crippen LogP contribution >= 0.6 is 11.6 Å². The summed E-state index contributed by atoms with van der Waals surface area (Å²) in [7, 11) is 0. The molecule has 0 unspecified atom stereocenters. The van der Waals surface area contributed by atoms with Crippen LogP contribution in [0.3, 0.4) is 0 Å². The van der Waals surface area contributed by atoms with Gasteiger partial charge >= 0.3 is 17.9 Å². The van der Waals surface area contributed by atoms with Crippen molar-refractivity contribution in [1.29, 1.82) is 0 Å². The Morgan fingerprint density at radius 3 is 2.59 bits per heavy atom. The Morgan fingerprint density at radius 2 is 1.94 bits per heavy atom. The second-order valence-corrected chi connectivity index (χ2v) is 6.67. The first-order valence-corrected chi connectivity index (χ1v) is 8.93. The van der Waals surface area contributed by atoms with Gasteiger partial charge in [-0.05, 0) is 24.3 Å². The molecule has 2 aromatic carbocycles. The van der Waals surface area contributed by atoms with E-state index >= 15 is 0 Å². The minimum atomic E-state index is -4.73. The van der Waals surface area contributed by atoms with E-state index in [1.165, 1.54) is 6.07 Å². The van der Waals surface area contributed by atoms with Gasteiger partial charge in [-0.3, -0.25) is 24.3 Å². The lowest BCUT2D eigenvalue weighted by atomic mass is 10.2. The van der Waals surface area contributed by atoms with E-state index in [9.17, 15) is 37.7 Å². The van der Waals surface area contributed by atoms with Crippen molar-refractivity contribution in [1.82, 2.24) is 4.57 Å². The number of nitro groups is 1. The highest BCUT2D eigenvalue weighted by atomic mass is 35.5. The maximum absolute atomic E-state index is 12.9. The number of nitrogens with one attached hydrogen (secondary N) is 1. The fourth-order valence-electron chi connectivity index (χ4n) is 2.66. The lowest BCUT2D eigenvalue weighted by Gasteiger charge is -2.12. The highest BCUT2D eigenvalue weighted by molar-refractivity contribution is 6.31. The summed E-state index contributed by atoms with van der Waals surface area (Å²) >= 11 is 5.50. The molecule has 14 heteroatoms. The molecule has 1 aromatic heterocycles. The van der Waals surface area contributed by atoms with E-state index < -0.39 is 52.5 Å². The fraction of sp³-hybridized carbons (Fsp3) is 0.167.